The maximum atomic E-state index is 3.58. The van der Waals surface area contributed by atoms with E-state index >= 15 is 0 Å². The van der Waals surface area contributed by atoms with Crippen molar-refractivity contribution in [3.63, 3.8) is 0 Å². The molecule has 0 spiro atoms. The molecule has 0 aliphatic carbocycles. The van der Waals surface area contributed by atoms with Gasteiger partial charge in [-0.25, -0.2) is 0 Å². The minimum atomic E-state index is 1.23. The Morgan fingerprint density at radius 1 is 0.250 bits per heavy atom. The van der Waals surface area contributed by atoms with Gasteiger partial charge in [-0.2, -0.15) is 0 Å². The molecule has 0 radical (unpaired) electrons. The van der Waals surface area contributed by atoms with Crippen molar-refractivity contribution in [1.29, 1.82) is 0 Å². The largest absolute Gasteiger partial charge is 0.317 e. The quantitative estimate of drug-likeness (QED) is 0.110. The highest BCUT2D eigenvalue weighted by Crippen LogP contribution is 2.14. The average molecular weight is 453 g/mol. The number of nitrogens with one attached hydrogen (secondary N) is 2. The van der Waals surface area contributed by atoms with Crippen molar-refractivity contribution >= 4 is 0 Å². The van der Waals surface area contributed by atoms with Crippen molar-refractivity contribution in [2.75, 3.05) is 26.2 Å². The summed E-state index contributed by atoms with van der Waals surface area (Å²) < 4.78 is 0. The van der Waals surface area contributed by atoms with Gasteiger partial charge in [0, 0.05) is 0 Å². The van der Waals surface area contributed by atoms with Crippen molar-refractivity contribution in [3.05, 3.63) is 0 Å². The SMILES string of the molecule is CCCCCNCCCCCCCCCCCCCCCCCCCCNCCCCC. The summed E-state index contributed by atoms with van der Waals surface area (Å²) in [5.41, 5.74) is 0. The zero-order valence-corrected chi connectivity index (χ0v) is 22.8. The summed E-state index contributed by atoms with van der Waals surface area (Å²) >= 11 is 0. The van der Waals surface area contributed by atoms with Crippen molar-refractivity contribution < 1.29 is 0 Å². The summed E-state index contributed by atoms with van der Waals surface area (Å²) in [6, 6.07) is 0. The van der Waals surface area contributed by atoms with Crippen LogP contribution >= 0.6 is 0 Å². The van der Waals surface area contributed by atoms with E-state index in [-0.39, 0.29) is 0 Å². The van der Waals surface area contributed by atoms with Gasteiger partial charge in [-0.3, -0.25) is 0 Å². The van der Waals surface area contributed by atoms with E-state index in [1.165, 1.54) is 180 Å². The van der Waals surface area contributed by atoms with Crippen LogP contribution in [0.25, 0.3) is 0 Å². The molecule has 0 amide bonds. The molecule has 2 nitrogen and oxygen atoms in total. The van der Waals surface area contributed by atoms with Gasteiger partial charge < -0.3 is 10.6 Å². The molecule has 2 N–H and O–H groups in total. The van der Waals surface area contributed by atoms with Gasteiger partial charge in [-0.1, -0.05) is 142 Å². The number of hydrogen-bond acceptors (Lipinski definition) is 2. The molecule has 0 rings (SSSR count). The molecule has 0 aromatic heterocycles. The number of rotatable bonds is 29. The van der Waals surface area contributed by atoms with Crippen LogP contribution < -0.4 is 10.6 Å². The maximum Gasteiger partial charge on any atom is -0.00489 e. The smallest absolute Gasteiger partial charge is 0.00489 e. The fourth-order valence-corrected chi connectivity index (χ4v) is 4.58. The van der Waals surface area contributed by atoms with E-state index in [1.54, 1.807) is 0 Å². The Morgan fingerprint density at radius 3 is 0.656 bits per heavy atom. The molecule has 0 heterocycles. The standard InChI is InChI=1S/C30H64N2/c1-3-5-23-27-31-29-25-21-19-17-15-13-11-9-7-8-10-12-14-16-18-20-22-26-30-32-28-24-6-4-2/h31-32H,3-30H2,1-2H3. The molecule has 194 valence electrons. The van der Waals surface area contributed by atoms with E-state index in [9.17, 15) is 0 Å². The fourth-order valence-electron chi connectivity index (χ4n) is 4.58. The van der Waals surface area contributed by atoms with Crippen molar-refractivity contribution in [2.45, 2.75) is 168 Å². The zero-order valence-electron chi connectivity index (χ0n) is 22.8. The summed E-state index contributed by atoms with van der Waals surface area (Å²) in [6.45, 7) is 9.48. The monoisotopic (exact) mass is 453 g/mol. The van der Waals surface area contributed by atoms with Crippen molar-refractivity contribution in [1.82, 2.24) is 10.6 Å². The lowest BCUT2D eigenvalue weighted by Gasteiger charge is -2.05. The normalized spacial score (nSPS) is 11.4. The highest BCUT2D eigenvalue weighted by molar-refractivity contribution is 4.53. The maximum absolute atomic E-state index is 3.58. The van der Waals surface area contributed by atoms with Crippen molar-refractivity contribution in [2.24, 2.45) is 0 Å². The van der Waals surface area contributed by atoms with Crippen molar-refractivity contribution in [3.8, 4) is 0 Å². The molecule has 0 aliphatic rings. The third kappa shape index (κ3) is 29.9. The molecule has 0 saturated carbocycles. The second kappa shape index (κ2) is 30.9. The van der Waals surface area contributed by atoms with Gasteiger partial charge in [0.25, 0.3) is 0 Å². The number of hydrogen-bond donors (Lipinski definition) is 2. The van der Waals surface area contributed by atoms with Gasteiger partial charge in [0.2, 0.25) is 0 Å². The molecular weight excluding hydrogens is 388 g/mol. The van der Waals surface area contributed by atoms with Gasteiger partial charge in [0.05, 0.1) is 0 Å². The second-order valence-electron chi connectivity index (χ2n) is 10.3. The third-order valence-corrected chi connectivity index (χ3v) is 6.87. The first-order chi connectivity index (χ1) is 15.9. The minimum Gasteiger partial charge on any atom is -0.317 e. The predicted molar refractivity (Wildman–Crippen MR) is 148 cm³/mol. The lowest BCUT2D eigenvalue weighted by Crippen LogP contribution is -2.16. The van der Waals surface area contributed by atoms with E-state index in [0.717, 1.165) is 0 Å². The summed E-state index contributed by atoms with van der Waals surface area (Å²) in [7, 11) is 0. The topological polar surface area (TPSA) is 24.1 Å². The van der Waals surface area contributed by atoms with Crippen LogP contribution in [0.3, 0.4) is 0 Å². The molecule has 0 atom stereocenters. The van der Waals surface area contributed by atoms with Gasteiger partial charge >= 0.3 is 0 Å². The van der Waals surface area contributed by atoms with E-state index in [4.69, 9.17) is 0 Å². The van der Waals surface area contributed by atoms with Crippen LogP contribution in [0.2, 0.25) is 0 Å². The second-order valence-corrected chi connectivity index (χ2v) is 10.3. The third-order valence-electron chi connectivity index (χ3n) is 6.87. The Bertz CT molecular complexity index is 275. The molecule has 0 aromatic rings. The van der Waals surface area contributed by atoms with Crippen LogP contribution in [0.4, 0.5) is 0 Å². The first-order valence-electron chi connectivity index (χ1n) is 15.3. The Hall–Kier alpha value is -0.0800. The van der Waals surface area contributed by atoms with Crippen LogP contribution in [0.15, 0.2) is 0 Å². The molecule has 0 saturated heterocycles. The van der Waals surface area contributed by atoms with E-state index < -0.39 is 0 Å². The molecular formula is C30H64N2. The summed E-state index contributed by atoms with van der Waals surface area (Å²) in [6.07, 6.45) is 34.3. The molecule has 32 heavy (non-hydrogen) atoms. The molecule has 0 aliphatic heterocycles. The molecule has 0 unspecified atom stereocenters. The summed E-state index contributed by atoms with van der Waals surface area (Å²) in [4.78, 5) is 0. The van der Waals surface area contributed by atoms with Gasteiger partial charge in [-0.05, 0) is 51.9 Å². The number of unbranched alkanes of at least 4 members (excludes halogenated alkanes) is 21. The van der Waals surface area contributed by atoms with Gasteiger partial charge in [0.15, 0.2) is 0 Å². The van der Waals surface area contributed by atoms with Crippen LogP contribution in [0.1, 0.15) is 168 Å². The highest BCUT2D eigenvalue weighted by Gasteiger charge is 1.96. The Balaban J connectivity index is 2.98. The minimum absolute atomic E-state index is 1.23. The van der Waals surface area contributed by atoms with E-state index in [2.05, 4.69) is 24.5 Å². The zero-order chi connectivity index (χ0) is 23.2. The Labute approximate surface area is 204 Å². The highest BCUT2D eigenvalue weighted by atomic mass is 14.8. The lowest BCUT2D eigenvalue weighted by atomic mass is 10.0. The van der Waals surface area contributed by atoms with E-state index in [0.29, 0.717) is 0 Å². The first kappa shape index (κ1) is 31.9. The van der Waals surface area contributed by atoms with Crippen LogP contribution in [-0.4, -0.2) is 26.2 Å². The van der Waals surface area contributed by atoms with Crippen LogP contribution in [0, 0.1) is 0 Å². The van der Waals surface area contributed by atoms with Crippen LogP contribution in [0.5, 0.6) is 0 Å². The summed E-state index contributed by atoms with van der Waals surface area (Å²) in [5.74, 6) is 0. The fraction of sp³-hybridized carbons (Fsp3) is 1.00. The molecule has 0 aromatic carbocycles. The predicted octanol–water partition coefficient (Wildman–Crippen LogP) is 9.57. The molecule has 0 fully saturated rings. The molecule has 0 bridgehead atoms. The van der Waals surface area contributed by atoms with Gasteiger partial charge in [0.1, 0.15) is 0 Å². The summed E-state index contributed by atoms with van der Waals surface area (Å²) in [5, 5.41) is 7.17. The first-order valence-corrected chi connectivity index (χ1v) is 15.3. The van der Waals surface area contributed by atoms with Crippen LogP contribution in [-0.2, 0) is 0 Å². The van der Waals surface area contributed by atoms with Gasteiger partial charge in [-0.15, -0.1) is 0 Å². The molecule has 2 heteroatoms. The average Bonchev–Trinajstić information content (AvgIpc) is 2.81. The van der Waals surface area contributed by atoms with E-state index in [1.807, 2.05) is 0 Å². The lowest BCUT2D eigenvalue weighted by molar-refractivity contribution is 0.516. The Kier molecular flexibility index (Phi) is 30.8. The Morgan fingerprint density at radius 2 is 0.438 bits per heavy atom.